The number of rotatable bonds is 9. The lowest BCUT2D eigenvalue weighted by atomic mass is 10.1. The van der Waals surface area contributed by atoms with Crippen molar-refractivity contribution in [3.05, 3.63) is 87.4 Å². The highest BCUT2D eigenvalue weighted by Crippen LogP contribution is 2.28. The van der Waals surface area contributed by atoms with Crippen molar-refractivity contribution in [1.29, 1.82) is 0 Å². The average molecular weight is 528 g/mol. The molecule has 0 aliphatic rings. The number of hydrogen-bond acceptors (Lipinski definition) is 4. The number of carbonyl (C=O) groups is 1. The molecule has 0 heterocycles. The fourth-order valence-corrected chi connectivity index (χ4v) is 5.24. The van der Waals surface area contributed by atoms with Crippen molar-refractivity contribution in [3.63, 3.8) is 0 Å². The molecule has 3 rings (SSSR count). The molecule has 174 valence electrons. The van der Waals surface area contributed by atoms with Crippen molar-refractivity contribution in [2.24, 2.45) is 0 Å². The lowest BCUT2D eigenvalue weighted by molar-refractivity contribution is -0.117. The largest absolute Gasteiger partial charge is 0.492 e. The van der Waals surface area contributed by atoms with Crippen LogP contribution < -0.4 is 14.8 Å². The van der Waals surface area contributed by atoms with Gasteiger partial charge in [-0.1, -0.05) is 65.1 Å². The monoisotopic (exact) mass is 526 g/mol. The Morgan fingerprint density at radius 2 is 1.61 bits per heavy atom. The maximum Gasteiger partial charge on any atom is 0.245 e. The fourth-order valence-electron chi connectivity index (χ4n) is 3.11. The van der Waals surface area contributed by atoms with E-state index >= 15 is 0 Å². The lowest BCUT2D eigenvalue weighted by Gasteiger charge is -2.20. The van der Waals surface area contributed by atoms with Crippen molar-refractivity contribution in [1.82, 2.24) is 4.72 Å². The van der Waals surface area contributed by atoms with Crippen LogP contribution in [0.5, 0.6) is 5.75 Å². The van der Waals surface area contributed by atoms with Gasteiger partial charge in [-0.3, -0.25) is 4.79 Å². The molecule has 0 aliphatic heterocycles. The van der Waals surface area contributed by atoms with Crippen molar-refractivity contribution in [3.8, 4) is 5.75 Å². The number of ether oxygens (including phenoxy) is 1. The van der Waals surface area contributed by atoms with Gasteiger partial charge in [0.25, 0.3) is 0 Å². The summed E-state index contributed by atoms with van der Waals surface area (Å²) >= 11 is 18.1. The molecule has 0 saturated heterocycles. The topological polar surface area (TPSA) is 84.5 Å². The highest BCUT2D eigenvalue weighted by Gasteiger charge is 2.29. The quantitative estimate of drug-likeness (QED) is 0.381. The van der Waals surface area contributed by atoms with E-state index in [1.807, 2.05) is 6.07 Å². The van der Waals surface area contributed by atoms with Crippen LogP contribution in [0.2, 0.25) is 15.1 Å². The predicted octanol–water partition coefficient (Wildman–Crippen LogP) is 5.57. The number of hydrogen-bond donors (Lipinski definition) is 2. The molecule has 0 radical (unpaired) electrons. The van der Waals surface area contributed by atoms with E-state index in [0.717, 1.165) is 5.56 Å². The van der Waals surface area contributed by atoms with Crippen LogP contribution in [0.3, 0.4) is 0 Å². The summed E-state index contributed by atoms with van der Waals surface area (Å²) in [5, 5.41) is 3.56. The molecule has 6 nitrogen and oxygen atoms in total. The van der Waals surface area contributed by atoms with Crippen molar-refractivity contribution >= 4 is 56.4 Å². The van der Waals surface area contributed by atoms with Gasteiger partial charge in [0.1, 0.15) is 16.7 Å². The van der Waals surface area contributed by atoms with E-state index < -0.39 is 22.0 Å². The van der Waals surface area contributed by atoms with E-state index in [4.69, 9.17) is 39.5 Å². The first kappa shape index (κ1) is 25.3. The molecule has 2 N–H and O–H groups in total. The Labute approximate surface area is 207 Å². The van der Waals surface area contributed by atoms with Gasteiger partial charge in [-0.05, 0) is 55.3 Å². The molecule has 1 unspecified atom stereocenters. The van der Waals surface area contributed by atoms with Crippen LogP contribution in [0.1, 0.15) is 12.5 Å². The van der Waals surface area contributed by atoms with Crippen LogP contribution in [-0.4, -0.2) is 27.0 Å². The van der Waals surface area contributed by atoms with Crippen LogP contribution in [0, 0.1) is 0 Å². The third-order valence-electron chi connectivity index (χ3n) is 4.52. The average Bonchev–Trinajstić information content (AvgIpc) is 2.74. The van der Waals surface area contributed by atoms with E-state index in [1.54, 1.807) is 31.2 Å². The molecule has 0 spiro atoms. The molecule has 33 heavy (non-hydrogen) atoms. The second-order valence-corrected chi connectivity index (χ2v) is 10.0. The van der Waals surface area contributed by atoms with E-state index in [9.17, 15) is 13.2 Å². The summed E-state index contributed by atoms with van der Waals surface area (Å²) in [7, 11) is -4.18. The standard InChI is InChI=1S/C23H21Cl3N2O4S/c1-2-32-21-9-8-16(24)14-22(21)33(30,31)28-20(10-15-6-4-3-5-7-15)23(29)27-19-12-17(25)11-18(26)13-19/h3-9,11-14,20,28H,2,10H2,1H3,(H,27,29). The Balaban J connectivity index is 1.94. The van der Waals surface area contributed by atoms with Gasteiger partial charge in [-0.2, -0.15) is 4.72 Å². The second-order valence-electron chi connectivity index (χ2n) is 7.04. The summed E-state index contributed by atoms with van der Waals surface area (Å²) in [6.07, 6.45) is 0.102. The number of carbonyl (C=O) groups excluding carboxylic acids is 1. The Hall–Kier alpha value is -2.29. The predicted molar refractivity (Wildman–Crippen MR) is 132 cm³/mol. The summed E-state index contributed by atoms with van der Waals surface area (Å²) in [5.41, 5.74) is 1.10. The zero-order valence-electron chi connectivity index (χ0n) is 17.5. The molecule has 1 atom stereocenters. The molecule has 10 heteroatoms. The van der Waals surface area contributed by atoms with Gasteiger partial charge in [-0.25, -0.2) is 8.42 Å². The third-order valence-corrected chi connectivity index (χ3v) is 6.69. The summed E-state index contributed by atoms with van der Waals surface area (Å²) < 4.78 is 34.5. The molecule has 3 aromatic rings. The zero-order valence-corrected chi connectivity index (χ0v) is 20.6. The molecule has 0 saturated carbocycles. The number of halogens is 3. The Morgan fingerprint density at radius 3 is 2.24 bits per heavy atom. The number of sulfonamides is 1. The van der Waals surface area contributed by atoms with Crippen molar-refractivity contribution < 1.29 is 17.9 Å². The minimum atomic E-state index is -4.18. The number of amides is 1. The van der Waals surface area contributed by atoms with Crippen LogP contribution in [0.15, 0.2) is 71.6 Å². The van der Waals surface area contributed by atoms with Gasteiger partial charge >= 0.3 is 0 Å². The maximum atomic E-state index is 13.3. The van der Waals surface area contributed by atoms with Crippen molar-refractivity contribution in [2.75, 3.05) is 11.9 Å². The Morgan fingerprint density at radius 1 is 0.939 bits per heavy atom. The van der Waals surface area contributed by atoms with E-state index in [1.165, 1.54) is 36.4 Å². The van der Waals surface area contributed by atoms with Crippen LogP contribution in [0.25, 0.3) is 0 Å². The Kier molecular flexibility index (Phi) is 8.62. The molecule has 1 amide bonds. The third kappa shape index (κ3) is 7.09. The maximum absolute atomic E-state index is 13.3. The molecule has 3 aromatic carbocycles. The highest BCUT2D eigenvalue weighted by atomic mass is 35.5. The summed E-state index contributed by atoms with van der Waals surface area (Å²) in [6.45, 7) is 1.99. The van der Waals surface area contributed by atoms with Crippen LogP contribution in [0.4, 0.5) is 5.69 Å². The molecular formula is C23H21Cl3N2O4S. The summed E-state index contributed by atoms with van der Waals surface area (Å²) in [4.78, 5) is 13.0. The second kappa shape index (κ2) is 11.2. The fraction of sp³-hybridized carbons (Fsp3) is 0.174. The van der Waals surface area contributed by atoms with Gasteiger partial charge in [0.2, 0.25) is 15.9 Å². The zero-order chi connectivity index (χ0) is 24.0. The molecule has 0 bridgehead atoms. The number of benzene rings is 3. The van der Waals surface area contributed by atoms with Gasteiger partial charge in [0.05, 0.1) is 6.61 Å². The first-order chi connectivity index (χ1) is 15.7. The van der Waals surface area contributed by atoms with Gasteiger partial charge in [0.15, 0.2) is 0 Å². The summed E-state index contributed by atoms with van der Waals surface area (Å²) in [5.74, 6) is -0.448. The molecule has 0 fully saturated rings. The highest BCUT2D eigenvalue weighted by molar-refractivity contribution is 7.89. The smallest absolute Gasteiger partial charge is 0.245 e. The van der Waals surface area contributed by atoms with Crippen LogP contribution >= 0.6 is 34.8 Å². The van der Waals surface area contributed by atoms with E-state index in [2.05, 4.69) is 10.0 Å². The van der Waals surface area contributed by atoms with E-state index in [0.29, 0.717) is 15.7 Å². The molecular weight excluding hydrogens is 507 g/mol. The Bertz CT molecular complexity index is 1220. The number of anilines is 1. The first-order valence-electron chi connectivity index (χ1n) is 9.93. The first-order valence-corrected chi connectivity index (χ1v) is 12.5. The normalized spacial score (nSPS) is 12.2. The van der Waals surface area contributed by atoms with Crippen molar-refractivity contribution in [2.45, 2.75) is 24.3 Å². The number of nitrogens with one attached hydrogen (secondary N) is 2. The van der Waals surface area contributed by atoms with Gasteiger partial charge in [-0.15, -0.1) is 0 Å². The molecule has 0 aromatic heterocycles. The van der Waals surface area contributed by atoms with Gasteiger partial charge < -0.3 is 10.1 Å². The van der Waals surface area contributed by atoms with Gasteiger partial charge in [0, 0.05) is 20.8 Å². The summed E-state index contributed by atoms with van der Waals surface area (Å²) in [6, 6.07) is 16.7. The van der Waals surface area contributed by atoms with E-state index in [-0.39, 0.29) is 28.7 Å². The SMILES string of the molecule is CCOc1ccc(Cl)cc1S(=O)(=O)NC(Cc1ccccc1)C(=O)Nc1cc(Cl)cc(Cl)c1. The van der Waals surface area contributed by atoms with Crippen LogP contribution in [-0.2, 0) is 21.2 Å². The minimum absolute atomic E-state index is 0.102. The molecule has 0 aliphatic carbocycles. The lowest BCUT2D eigenvalue weighted by Crippen LogP contribution is -2.45. The minimum Gasteiger partial charge on any atom is -0.492 e.